The summed E-state index contributed by atoms with van der Waals surface area (Å²) in [6, 6.07) is 15.1. The number of carbonyl (C=O) groups excluding carboxylic acids is 1. The molecule has 2 aromatic rings. The number of rotatable bonds is 5. The van der Waals surface area contributed by atoms with Crippen molar-refractivity contribution >= 4 is 11.6 Å². The van der Waals surface area contributed by atoms with Crippen LogP contribution in [0.3, 0.4) is 0 Å². The van der Waals surface area contributed by atoms with Crippen molar-refractivity contribution in [3.8, 4) is 5.75 Å². The number of hydrogen-bond donors (Lipinski definition) is 1. The summed E-state index contributed by atoms with van der Waals surface area (Å²) in [5.41, 5.74) is 6.17. The van der Waals surface area contributed by atoms with E-state index >= 15 is 0 Å². The summed E-state index contributed by atoms with van der Waals surface area (Å²) < 4.78 is 5.12. The van der Waals surface area contributed by atoms with Crippen molar-refractivity contribution in [2.45, 2.75) is 20.3 Å². The third-order valence-corrected chi connectivity index (χ3v) is 3.34. The summed E-state index contributed by atoms with van der Waals surface area (Å²) in [4.78, 5) is 12.1. The van der Waals surface area contributed by atoms with Gasteiger partial charge in [-0.1, -0.05) is 42.8 Å². The van der Waals surface area contributed by atoms with Crippen molar-refractivity contribution < 1.29 is 9.53 Å². The van der Waals surface area contributed by atoms with Gasteiger partial charge in [0.05, 0.1) is 12.8 Å². The monoisotopic (exact) mass is 296 g/mol. The van der Waals surface area contributed by atoms with Crippen LogP contribution in [0.25, 0.3) is 0 Å². The molecule has 0 saturated carbocycles. The largest absolute Gasteiger partial charge is 0.497 e. The number of amides is 1. The lowest BCUT2D eigenvalue weighted by Gasteiger charge is -2.06. The van der Waals surface area contributed by atoms with Crippen LogP contribution in [0.1, 0.15) is 34.8 Å². The third-order valence-electron chi connectivity index (χ3n) is 3.34. The van der Waals surface area contributed by atoms with Crippen molar-refractivity contribution in [2.75, 3.05) is 7.11 Å². The Balaban J connectivity index is 2.14. The van der Waals surface area contributed by atoms with Gasteiger partial charge in [0.2, 0.25) is 0 Å². The smallest absolute Gasteiger partial charge is 0.271 e. The van der Waals surface area contributed by atoms with Crippen molar-refractivity contribution in [1.29, 1.82) is 0 Å². The molecule has 0 aliphatic carbocycles. The summed E-state index contributed by atoms with van der Waals surface area (Å²) >= 11 is 0. The number of hydrogen-bond acceptors (Lipinski definition) is 3. The summed E-state index contributed by atoms with van der Waals surface area (Å²) in [7, 11) is 1.57. The molecule has 4 heteroatoms. The molecular formula is C18H20N2O2. The molecule has 0 aromatic heterocycles. The predicted octanol–water partition coefficient (Wildman–Crippen LogP) is 3.55. The molecule has 22 heavy (non-hydrogen) atoms. The lowest BCUT2D eigenvalue weighted by Crippen LogP contribution is -2.20. The number of nitrogens with zero attached hydrogens (tertiary/aromatic N) is 1. The summed E-state index contributed by atoms with van der Waals surface area (Å²) in [5.74, 6) is 0.392. The molecule has 4 nitrogen and oxygen atoms in total. The van der Waals surface area contributed by atoms with E-state index in [2.05, 4.69) is 10.5 Å². The van der Waals surface area contributed by atoms with Crippen LogP contribution >= 0.6 is 0 Å². The summed E-state index contributed by atoms with van der Waals surface area (Å²) in [6.45, 7) is 4.05. The van der Waals surface area contributed by atoms with Crippen molar-refractivity contribution in [1.82, 2.24) is 5.43 Å². The number of nitrogens with one attached hydrogen (secondary N) is 1. The van der Waals surface area contributed by atoms with Crippen LogP contribution in [0.5, 0.6) is 5.75 Å². The predicted molar refractivity (Wildman–Crippen MR) is 88.5 cm³/mol. The van der Waals surface area contributed by atoms with Crippen LogP contribution in [-0.4, -0.2) is 18.7 Å². The van der Waals surface area contributed by atoms with Gasteiger partial charge in [0.1, 0.15) is 5.75 Å². The highest BCUT2D eigenvalue weighted by molar-refractivity contribution is 6.02. The molecular weight excluding hydrogens is 276 g/mol. The number of carbonyl (C=O) groups is 1. The summed E-state index contributed by atoms with van der Waals surface area (Å²) in [6.07, 6.45) is 0.738. The fourth-order valence-electron chi connectivity index (χ4n) is 2.04. The fraction of sp³-hybridized carbons (Fsp3) is 0.222. The zero-order chi connectivity index (χ0) is 15.9. The van der Waals surface area contributed by atoms with E-state index < -0.39 is 0 Å². The van der Waals surface area contributed by atoms with Gasteiger partial charge in [0, 0.05) is 5.56 Å². The van der Waals surface area contributed by atoms with E-state index in [1.807, 2.05) is 38.1 Å². The Bertz CT molecular complexity index is 676. The average Bonchev–Trinajstić information content (AvgIpc) is 2.56. The van der Waals surface area contributed by atoms with E-state index in [-0.39, 0.29) is 5.91 Å². The van der Waals surface area contributed by atoms with Crippen LogP contribution in [0, 0.1) is 6.92 Å². The van der Waals surface area contributed by atoms with E-state index in [1.54, 1.807) is 31.4 Å². The Morgan fingerprint density at radius 2 is 1.86 bits per heavy atom. The SMILES string of the molecule is CCC(=NNC(=O)c1cccc(OC)c1)c1ccc(C)cc1. The number of benzene rings is 2. The molecule has 0 aliphatic rings. The quantitative estimate of drug-likeness (QED) is 0.677. The second kappa shape index (κ2) is 7.41. The minimum Gasteiger partial charge on any atom is -0.497 e. The number of hydrazone groups is 1. The standard InChI is InChI=1S/C18H20N2O2/c1-4-17(14-10-8-13(2)9-11-14)19-20-18(21)15-6-5-7-16(12-15)22-3/h5-12H,4H2,1-3H3,(H,20,21). The van der Waals surface area contributed by atoms with Crippen LogP contribution in [0.15, 0.2) is 53.6 Å². The molecule has 1 N–H and O–H groups in total. The Hall–Kier alpha value is -2.62. The average molecular weight is 296 g/mol. The Labute approximate surface area is 130 Å². The topological polar surface area (TPSA) is 50.7 Å². The zero-order valence-electron chi connectivity index (χ0n) is 13.1. The maximum atomic E-state index is 12.1. The van der Waals surface area contributed by atoms with Crippen molar-refractivity contribution in [3.63, 3.8) is 0 Å². The zero-order valence-corrected chi connectivity index (χ0v) is 13.1. The minimum atomic E-state index is -0.253. The van der Waals surface area contributed by atoms with Gasteiger partial charge in [0.15, 0.2) is 0 Å². The van der Waals surface area contributed by atoms with Gasteiger partial charge in [0.25, 0.3) is 5.91 Å². The van der Waals surface area contributed by atoms with Gasteiger partial charge in [-0.25, -0.2) is 5.43 Å². The molecule has 2 aromatic carbocycles. The highest BCUT2D eigenvalue weighted by atomic mass is 16.5. The normalized spacial score (nSPS) is 11.1. The van der Waals surface area contributed by atoms with Crippen LogP contribution < -0.4 is 10.2 Å². The van der Waals surface area contributed by atoms with Gasteiger partial charge in [-0.3, -0.25) is 4.79 Å². The lowest BCUT2D eigenvalue weighted by atomic mass is 10.1. The number of aryl methyl sites for hydroxylation is 1. The van der Waals surface area contributed by atoms with Crippen LogP contribution in [0.2, 0.25) is 0 Å². The fourth-order valence-corrected chi connectivity index (χ4v) is 2.04. The van der Waals surface area contributed by atoms with E-state index in [4.69, 9.17) is 4.74 Å². The maximum absolute atomic E-state index is 12.1. The Kier molecular flexibility index (Phi) is 5.31. The molecule has 0 spiro atoms. The third kappa shape index (κ3) is 3.95. The minimum absolute atomic E-state index is 0.253. The second-order valence-electron chi connectivity index (χ2n) is 4.95. The summed E-state index contributed by atoms with van der Waals surface area (Å²) in [5, 5.41) is 4.25. The van der Waals surface area contributed by atoms with Gasteiger partial charge >= 0.3 is 0 Å². The van der Waals surface area contributed by atoms with Crippen LogP contribution in [-0.2, 0) is 0 Å². The molecule has 0 radical (unpaired) electrons. The molecule has 1 amide bonds. The molecule has 0 unspecified atom stereocenters. The lowest BCUT2D eigenvalue weighted by molar-refractivity contribution is 0.0954. The van der Waals surface area contributed by atoms with E-state index in [1.165, 1.54) is 5.56 Å². The molecule has 0 heterocycles. The van der Waals surface area contributed by atoms with E-state index in [0.29, 0.717) is 11.3 Å². The van der Waals surface area contributed by atoms with E-state index in [0.717, 1.165) is 17.7 Å². The van der Waals surface area contributed by atoms with Crippen molar-refractivity contribution in [3.05, 3.63) is 65.2 Å². The second-order valence-corrected chi connectivity index (χ2v) is 4.95. The molecule has 114 valence electrons. The Morgan fingerprint density at radius 3 is 2.50 bits per heavy atom. The first-order chi connectivity index (χ1) is 10.6. The molecule has 0 aliphatic heterocycles. The first kappa shape index (κ1) is 15.8. The maximum Gasteiger partial charge on any atom is 0.271 e. The van der Waals surface area contributed by atoms with Crippen molar-refractivity contribution in [2.24, 2.45) is 5.10 Å². The van der Waals surface area contributed by atoms with Gasteiger partial charge in [-0.2, -0.15) is 5.10 Å². The molecule has 0 atom stereocenters. The highest BCUT2D eigenvalue weighted by Gasteiger charge is 2.07. The Morgan fingerprint density at radius 1 is 1.14 bits per heavy atom. The van der Waals surface area contributed by atoms with E-state index in [9.17, 15) is 4.79 Å². The molecule has 0 bridgehead atoms. The number of methoxy groups -OCH3 is 1. The van der Waals surface area contributed by atoms with Crippen LogP contribution in [0.4, 0.5) is 0 Å². The first-order valence-corrected chi connectivity index (χ1v) is 7.22. The molecule has 0 saturated heterocycles. The molecule has 2 rings (SSSR count). The van der Waals surface area contributed by atoms with Gasteiger partial charge in [-0.05, 0) is 37.1 Å². The highest BCUT2D eigenvalue weighted by Crippen LogP contribution is 2.12. The van der Waals surface area contributed by atoms with Gasteiger partial charge in [-0.15, -0.1) is 0 Å². The molecule has 0 fully saturated rings. The number of ether oxygens (including phenoxy) is 1. The van der Waals surface area contributed by atoms with Gasteiger partial charge < -0.3 is 4.74 Å². The first-order valence-electron chi connectivity index (χ1n) is 7.22.